The van der Waals surface area contributed by atoms with Crippen molar-refractivity contribution >= 4 is 29.0 Å². The van der Waals surface area contributed by atoms with Crippen molar-refractivity contribution in [3.8, 4) is 22.9 Å². The molecule has 2 unspecified atom stereocenters. The second kappa shape index (κ2) is 14.6. The number of rotatable bonds is 9. The van der Waals surface area contributed by atoms with Crippen LogP contribution in [0.5, 0.6) is 11.6 Å². The SMILES string of the molecule is COc1cc(F)c(-c2cc(Cn3cnc4c(OC(N)=O)nc(C(C)(C)C)nc43)c(N3CCCC(NC(=O)OC(C)(C)C)(C(O)C(F)F)C3)cn2)cc1F. The van der Waals surface area contributed by atoms with Crippen LogP contribution in [0.25, 0.3) is 22.4 Å². The van der Waals surface area contributed by atoms with Gasteiger partial charge in [-0.2, -0.15) is 4.98 Å². The number of methoxy groups -OCH3 is 1. The van der Waals surface area contributed by atoms with E-state index in [9.17, 15) is 27.9 Å². The second-order valence-corrected chi connectivity index (χ2v) is 14.8. The van der Waals surface area contributed by atoms with E-state index < -0.39 is 52.9 Å². The topological polar surface area (TPSA) is 180 Å². The average molecular weight is 747 g/mol. The van der Waals surface area contributed by atoms with Gasteiger partial charge in [-0.1, -0.05) is 20.8 Å². The lowest BCUT2D eigenvalue weighted by Gasteiger charge is -2.46. The fraction of sp³-hybridized carbons (Fsp3) is 0.486. The molecule has 4 heterocycles. The van der Waals surface area contributed by atoms with Crippen molar-refractivity contribution < 1.29 is 46.5 Å². The fourth-order valence-electron chi connectivity index (χ4n) is 6.10. The van der Waals surface area contributed by atoms with Crippen LogP contribution in [-0.2, 0) is 16.7 Å². The highest BCUT2D eigenvalue weighted by molar-refractivity contribution is 5.80. The van der Waals surface area contributed by atoms with Gasteiger partial charge in [-0.15, -0.1) is 0 Å². The Balaban J connectivity index is 1.66. The van der Waals surface area contributed by atoms with Crippen LogP contribution in [0, 0.1) is 11.6 Å². The molecule has 1 aliphatic heterocycles. The number of nitrogens with one attached hydrogen (secondary N) is 1. The molecule has 0 saturated carbocycles. The van der Waals surface area contributed by atoms with Crippen LogP contribution in [0.15, 0.2) is 30.7 Å². The zero-order valence-electron chi connectivity index (χ0n) is 30.3. The van der Waals surface area contributed by atoms with Crippen molar-refractivity contribution in [2.75, 3.05) is 25.1 Å². The molecule has 1 saturated heterocycles. The number of hydrogen-bond acceptors (Lipinski definition) is 11. The van der Waals surface area contributed by atoms with Crippen molar-refractivity contribution in [1.29, 1.82) is 0 Å². The van der Waals surface area contributed by atoms with Gasteiger partial charge in [0.25, 0.3) is 12.3 Å². The third-order valence-electron chi connectivity index (χ3n) is 8.54. The average Bonchev–Trinajstić information content (AvgIpc) is 3.46. The molecule has 1 fully saturated rings. The molecule has 3 aromatic heterocycles. The van der Waals surface area contributed by atoms with E-state index in [4.69, 9.17) is 24.9 Å². The molecule has 1 aliphatic rings. The number of nitrogens with zero attached hydrogens (tertiary/aromatic N) is 6. The van der Waals surface area contributed by atoms with E-state index in [2.05, 4.69) is 20.3 Å². The van der Waals surface area contributed by atoms with Crippen LogP contribution >= 0.6 is 0 Å². The van der Waals surface area contributed by atoms with Gasteiger partial charge in [0.05, 0.1) is 43.1 Å². The van der Waals surface area contributed by atoms with Crippen LogP contribution in [0.4, 0.5) is 32.8 Å². The standard InChI is InChI=1S/C35H42F4N8O6/c1-33(2,3)30-43-28-25(29(44-30)52-31(40)49)42-17-47(28)15-18-11-22(19-12-21(37)24(51-7)13-20(19)36)41-14-23(18)46-10-8-9-35(16-46,26(48)27(38)39)45-32(50)53-34(4,5)6/h11-14,17,26-27,48H,8-10,15-16H2,1-7H3,(H2,40,49)(H,45,50). The van der Waals surface area contributed by atoms with Gasteiger partial charge in [-0.05, 0) is 51.3 Å². The Bertz CT molecular complexity index is 2010. The molecule has 2 atom stereocenters. The maximum Gasteiger partial charge on any atom is 0.411 e. The number of amides is 2. The number of aliphatic hydroxyl groups is 1. The number of carbonyl (C=O) groups is 2. The Morgan fingerprint density at radius 3 is 2.42 bits per heavy atom. The largest absolute Gasteiger partial charge is 0.494 e. The minimum atomic E-state index is -3.22. The van der Waals surface area contributed by atoms with E-state index in [0.717, 1.165) is 12.1 Å². The summed E-state index contributed by atoms with van der Waals surface area (Å²) in [5.74, 6) is -1.84. The van der Waals surface area contributed by atoms with E-state index in [1.54, 1.807) is 30.2 Å². The van der Waals surface area contributed by atoms with E-state index in [1.807, 2.05) is 20.8 Å². The number of benzene rings is 1. The first-order valence-electron chi connectivity index (χ1n) is 16.7. The normalized spacial score (nSPS) is 17.2. The van der Waals surface area contributed by atoms with Crippen LogP contribution in [0.2, 0.25) is 0 Å². The maximum absolute atomic E-state index is 15.4. The molecule has 4 N–H and O–H groups in total. The number of hydrogen-bond donors (Lipinski definition) is 3. The summed E-state index contributed by atoms with van der Waals surface area (Å²) < 4.78 is 75.7. The van der Waals surface area contributed by atoms with Crippen LogP contribution < -0.4 is 25.4 Å². The van der Waals surface area contributed by atoms with E-state index in [1.165, 1.54) is 25.7 Å². The highest BCUT2D eigenvalue weighted by Crippen LogP contribution is 2.36. The smallest absolute Gasteiger partial charge is 0.411 e. The molecule has 0 aliphatic carbocycles. The van der Waals surface area contributed by atoms with E-state index in [0.29, 0.717) is 17.1 Å². The lowest BCUT2D eigenvalue weighted by Crippen LogP contribution is -2.67. The van der Waals surface area contributed by atoms with E-state index in [-0.39, 0.29) is 66.5 Å². The van der Waals surface area contributed by atoms with Crippen molar-refractivity contribution in [2.45, 2.75) is 90.0 Å². The van der Waals surface area contributed by atoms with E-state index >= 15 is 4.39 Å². The molecule has 14 nitrogen and oxygen atoms in total. The van der Waals surface area contributed by atoms with Gasteiger partial charge >= 0.3 is 12.2 Å². The van der Waals surface area contributed by atoms with Crippen LogP contribution in [-0.4, -0.2) is 85.7 Å². The Morgan fingerprint density at radius 1 is 1.08 bits per heavy atom. The number of aromatic nitrogens is 5. The molecule has 0 spiro atoms. The molecule has 286 valence electrons. The molecule has 4 aromatic rings. The molecule has 1 aromatic carbocycles. The van der Waals surface area contributed by atoms with Gasteiger partial charge in [0.2, 0.25) is 0 Å². The summed E-state index contributed by atoms with van der Waals surface area (Å²) in [5, 5.41) is 13.4. The van der Waals surface area contributed by atoms with Crippen molar-refractivity contribution in [2.24, 2.45) is 5.73 Å². The third kappa shape index (κ3) is 8.53. The fourth-order valence-corrected chi connectivity index (χ4v) is 6.10. The summed E-state index contributed by atoms with van der Waals surface area (Å²) in [7, 11) is 1.20. The zero-order valence-corrected chi connectivity index (χ0v) is 30.3. The number of fused-ring (bicyclic) bond motifs is 1. The number of ether oxygens (including phenoxy) is 3. The highest BCUT2D eigenvalue weighted by Gasteiger charge is 2.48. The van der Waals surface area contributed by atoms with Crippen molar-refractivity contribution in [3.63, 3.8) is 0 Å². The number of piperidine rings is 1. The third-order valence-corrected chi connectivity index (χ3v) is 8.54. The number of primary amides is 1. The number of pyridine rings is 1. The second-order valence-electron chi connectivity index (χ2n) is 14.8. The van der Waals surface area contributed by atoms with Gasteiger partial charge in [-0.25, -0.2) is 37.1 Å². The number of carbonyl (C=O) groups excluding carboxylic acids is 2. The molecule has 18 heteroatoms. The maximum atomic E-state index is 15.4. The number of alkyl halides is 2. The van der Waals surface area contributed by atoms with Gasteiger partial charge in [-0.3, -0.25) is 4.98 Å². The number of alkyl carbamates (subject to hydrolysis) is 1. The molecule has 0 bridgehead atoms. The molecular weight excluding hydrogens is 704 g/mol. The first-order chi connectivity index (χ1) is 24.7. The number of nitrogens with two attached hydrogens (primary N) is 1. The monoisotopic (exact) mass is 746 g/mol. The Hall–Kier alpha value is -5.26. The summed E-state index contributed by atoms with van der Waals surface area (Å²) in [5.41, 5.74) is 2.84. The quantitative estimate of drug-likeness (QED) is 0.185. The van der Waals surface area contributed by atoms with Gasteiger partial charge < -0.3 is 39.8 Å². The number of halogens is 4. The van der Waals surface area contributed by atoms with Crippen LogP contribution in [0.3, 0.4) is 0 Å². The molecule has 5 rings (SSSR count). The molecule has 0 radical (unpaired) electrons. The summed E-state index contributed by atoms with van der Waals surface area (Å²) >= 11 is 0. The Kier molecular flexibility index (Phi) is 10.8. The zero-order chi connectivity index (χ0) is 39.0. The lowest BCUT2D eigenvalue weighted by atomic mass is 9.83. The van der Waals surface area contributed by atoms with Gasteiger partial charge in [0.15, 0.2) is 22.7 Å². The molecular formula is C35H42F4N8O6. The molecule has 2 amide bonds. The van der Waals surface area contributed by atoms with Crippen molar-refractivity contribution in [3.05, 3.63) is 53.7 Å². The molecule has 53 heavy (non-hydrogen) atoms. The van der Waals surface area contributed by atoms with Gasteiger partial charge in [0, 0.05) is 30.1 Å². The van der Waals surface area contributed by atoms with Crippen LogP contribution in [0.1, 0.15) is 65.8 Å². The summed E-state index contributed by atoms with van der Waals surface area (Å²) in [6.07, 6.45) is -4.58. The summed E-state index contributed by atoms with van der Waals surface area (Å²) in [6.45, 7) is 10.3. The minimum Gasteiger partial charge on any atom is -0.494 e. The predicted octanol–water partition coefficient (Wildman–Crippen LogP) is 5.47. The first kappa shape index (κ1) is 39.0. The Morgan fingerprint density at radius 2 is 1.79 bits per heavy atom. The number of aliphatic hydroxyl groups excluding tert-OH is 1. The number of imidazole rings is 1. The summed E-state index contributed by atoms with van der Waals surface area (Å²) in [6, 6.07) is 3.33. The summed E-state index contributed by atoms with van der Waals surface area (Å²) in [4.78, 5) is 44.2. The van der Waals surface area contributed by atoms with Crippen molar-refractivity contribution in [1.82, 2.24) is 29.8 Å². The number of anilines is 1. The predicted molar refractivity (Wildman–Crippen MR) is 185 cm³/mol. The Labute approximate surface area is 302 Å². The highest BCUT2D eigenvalue weighted by atomic mass is 19.3. The first-order valence-corrected chi connectivity index (χ1v) is 16.7. The van der Waals surface area contributed by atoms with Gasteiger partial charge in [0.1, 0.15) is 23.3 Å². The lowest BCUT2D eigenvalue weighted by molar-refractivity contribution is -0.0664. The minimum absolute atomic E-state index is 0.00721.